The number of carbonyl (C=O) groups is 10. The molecule has 0 heterocycles. The highest BCUT2D eigenvalue weighted by Gasteiger charge is 2.35. The minimum absolute atomic E-state index is 0.0995. The van der Waals surface area contributed by atoms with Crippen LogP contribution in [0.3, 0.4) is 0 Å². The monoisotopic (exact) mass is 874 g/mol. The molecule has 350 valence electrons. The lowest BCUT2D eigenvalue weighted by Crippen LogP contribution is -2.61. The highest BCUT2D eigenvalue weighted by molar-refractivity contribution is 5.97. The molecular weight excluding hydrogens is 802 g/mol. The Bertz CT molecular complexity index is 1500. The number of amides is 8. The summed E-state index contributed by atoms with van der Waals surface area (Å²) >= 11 is 0. The minimum atomic E-state index is -1.55. The third kappa shape index (κ3) is 23.3. The molecule has 10 unspecified atom stereocenters. The third-order valence-corrected chi connectivity index (χ3v) is 9.27. The maximum absolute atomic E-state index is 13.7. The summed E-state index contributed by atoms with van der Waals surface area (Å²) in [5.74, 6) is -9.47. The van der Waals surface area contributed by atoms with Crippen molar-refractivity contribution >= 4 is 59.2 Å². The van der Waals surface area contributed by atoms with Gasteiger partial charge in [-0.15, -0.1) is 0 Å². The molecule has 22 heteroatoms. The van der Waals surface area contributed by atoms with Crippen LogP contribution in [0, 0.1) is 23.7 Å². The van der Waals surface area contributed by atoms with Crippen molar-refractivity contribution in [3.05, 3.63) is 0 Å². The molecule has 0 saturated heterocycles. The number of hydrogen-bond acceptors (Lipinski definition) is 12. The lowest BCUT2D eigenvalue weighted by molar-refractivity contribution is -0.144. The maximum atomic E-state index is 13.7. The zero-order valence-corrected chi connectivity index (χ0v) is 37.5. The van der Waals surface area contributed by atoms with Crippen molar-refractivity contribution in [3.63, 3.8) is 0 Å². The van der Waals surface area contributed by atoms with Crippen molar-refractivity contribution in [2.45, 2.75) is 151 Å². The van der Waals surface area contributed by atoms with Crippen LogP contribution in [0.25, 0.3) is 0 Å². The van der Waals surface area contributed by atoms with Crippen LogP contribution in [0.5, 0.6) is 0 Å². The van der Waals surface area contributed by atoms with Gasteiger partial charge in [-0.2, -0.15) is 0 Å². The van der Waals surface area contributed by atoms with Gasteiger partial charge < -0.3 is 63.6 Å². The predicted octanol–water partition coefficient (Wildman–Crippen LogP) is -2.15. The van der Waals surface area contributed by atoms with Crippen molar-refractivity contribution in [1.82, 2.24) is 42.5 Å². The summed E-state index contributed by atoms with van der Waals surface area (Å²) in [4.78, 5) is 124. The SMILES string of the molecule is CC(=O)O.CCC(C)C(NC(=O)CNC(=O)C(C)NC(=O)C(C)N)C(=O)NCC(=O)NC(C(=O)NC(CC(C)C)C(=O)NC(C(=O)NC(C(=O)O)C(C)C)C(C)O)C(C)CC. The number of aliphatic carboxylic acids is 2. The second kappa shape index (κ2) is 29.0. The summed E-state index contributed by atoms with van der Waals surface area (Å²) in [6.45, 7) is 17.8. The van der Waals surface area contributed by atoms with Gasteiger partial charge in [-0.3, -0.25) is 43.2 Å². The predicted molar refractivity (Wildman–Crippen MR) is 223 cm³/mol. The number of carboxylic acid groups (broad SMARTS) is 2. The summed E-state index contributed by atoms with van der Waals surface area (Å²) in [7, 11) is 0. The smallest absolute Gasteiger partial charge is 0.326 e. The standard InChI is InChI=1S/C37H67N9O11.C2H4O2/c1-12-19(7)28(43-25(48)15-39-32(51)22(10)41-31(50)21(9)38)34(53)40-16-26(49)44-29(20(8)13-2)35(54)42-24(14-17(3)4)33(52)46-30(23(11)47)36(55)45-27(18(5)6)37(56)57;1-2(3)4/h17-24,27-30,47H,12-16,38H2,1-11H3,(H,39,51)(H,40,53)(H,41,50)(H,42,54)(H,43,48)(H,44,49)(H,45,55)(H,46,52)(H,56,57);1H3,(H,3,4). The summed E-state index contributed by atoms with van der Waals surface area (Å²) < 4.78 is 0. The van der Waals surface area contributed by atoms with E-state index in [2.05, 4.69) is 42.5 Å². The number of carbonyl (C=O) groups excluding carboxylic acids is 8. The molecule has 0 fully saturated rings. The van der Waals surface area contributed by atoms with Crippen molar-refractivity contribution in [2.75, 3.05) is 13.1 Å². The minimum Gasteiger partial charge on any atom is -0.481 e. The van der Waals surface area contributed by atoms with Crippen LogP contribution < -0.4 is 48.3 Å². The third-order valence-electron chi connectivity index (χ3n) is 9.27. The summed E-state index contributed by atoms with van der Waals surface area (Å²) in [5.41, 5.74) is 5.49. The second-order valence-corrected chi connectivity index (χ2v) is 15.8. The van der Waals surface area contributed by atoms with Gasteiger partial charge in [0.25, 0.3) is 5.97 Å². The fourth-order valence-corrected chi connectivity index (χ4v) is 5.24. The molecule has 13 N–H and O–H groups in total. The molecule has 0 aromatic carbocycles. The maximum Gasteiger partial charge on any atom is 0.326 e. The molecule has 0 aliphatic rings. The van der Waals surface area contributed by atoms with Crippen molar-refractivity contribution in [2.24, 2.45) is 29.4 Å². The normalized spacial score (nSPS) is 15.8. The summed E-state index contributed by atoms with van der Waals surface area (Å²) in [6.07, 6.45) is -0.450. The lowest BCUT2D eigenvalue weighted by Gasteiger charge is -2.29. The van der Waals surface area contributed by atoms with E-state index in [1.165, 1.54) is 20.8 Å². The van der Waals surface area contributed by atoms with E-state index < -0.39 is 138 Å². The van der Waals surface area contributed by atoms with Crippen LogP contribution in [-0.4, -0.2) is 136 Å². The topological polar surface area (TPSA) is 354 Å². The Balaban J connectivity index is 0. The van der Waals surface area contributed by atoms with E-state index in [0.717, 1.165) is 6.92 Å². The van der Waals surface area contributed by atoms with E-state index in [9.17, 15) is 53.4 Å². The van der Waals surface area contributed by atoms with E-state index in [1.807, 2.05) is 0 Å². The lowest BCUT2D eigenvalue weighted by atomic mass is 9.96. The molecule has 10 atom stereocenters. The Morgan fingerprint density at radius 2 is 0.934 bits per heavy atom. The zero-order valence-electron chi connectivity index (χ0n) is 37.5. The summed E-state index contributed by atoms with van der Waals surface area (Å²) in [5, 5.41) is 47.0. The van der Waals surface area contributed by atoms with Crippen molar-refractivity contribution in [3.8, 4) is 0 Å². The van der Waals surface area contributed by atoms with Gasteiger partial charge in [0.1, 0.15) is 36.3 Å². The fraction of sp³-hybridized carbons (Fsp3) is 0.744. The van der Waals surface area contributed by atoms with E-state index >= 15 is 0 Å². The first-order chi connectivity index (χ1) is 28.1. The van der Waals surface area contributed by atoms with Crippen LogP contribution in [-0.2, 0) is 47.9 Å². The molecule has 0 saturated carbocycles. The molecule has 0 aromatic rings. The summed E-state index contributed by atoms with van der Waals surface area (Å²) in [6, 6.07) is -8.16. The number of aliphatic hydroxyl groups is 1. The number of carboxylic acids is 2. The van der Waals surface area contributed by atoms with Gasteiger partial charge in [-0.05, 0) is 50.9 Å². The average molecular weight is 874 g/mol. The molecule has 8 amide bonds. The second-order valence-electron chi connectivity index (χ2n) is 15.8. The van der Waals surface area contributed by atoms with Gasteiger partial charge >= 0.3 is 5.97 Å². The average Bonchev–Trinajstić information content (AvgIpc) is 3.15. The highest BCUT2D eigenvalue weighted by Crippen LogP contribution is 2.12. The van der Waals surface area contributed by atoms with Gasteiger partial charge in [0.05, 0.1) is 25.2 Å². The first-order valence-corrected chi connectivity index (χ1v) is 20.3. The first-order valence-electron chi connectivity index (χ1n) is 20.3. The number of hydrogen-bond donors (Lipinski definition) is 12. The van der Waals surface area contributed by atoms with Crippen LogP contribution in [0.2, 0.25) is 0 Å². The first kappa shape index (κ1) is 57.7. The molecule has 0 rings (SSSR count). The number of rotatable bonds is 25. The van der Waals surface area contributed by atoms with E-state index in [4.69, 9.17) is 15.6 Å². The molecule has 0 bridgehead atoms. The van der Waals surface area contributed by atoms with Gasteiger partial charge in [0, 0.05) is 6.92 Å². The molecule has 61 heavy (non-hydrogen) atoms. The van der Waals surface area contributed by atoms with E-state index in [-0.39, 0.29) is 12.3 Å². The molecule has 0 aromatic heterocycles. The molecule has 0 aliphatic carbocycles. The Morgan fingerprint density at radius 3 is 1.31 bits per heavy atom. The molecule has 22 nitrogen and oxygen atoms in total. The zero-order chi connectivity index (χ0) is 47.9. The Kier molecular flexibility index (Phi) is 27.4. The molecule has 0 aliphatic heterocycles. The molecule has 0 spiro atoms. The quantitative estimate of drug-likeness (QED) is 0.0466. The Labute approximate surface area is 357 Å². The van der Waals surface area contributed by atoms with Crippen LogP contribution in [0.1, 0.15) is 102 Å². The Hall–Kier alpha value is -5.38. The van der Waals surface area contributed by atoms with Crippen LogP contribution >= 0.6 is 0 Å². The van der Waals surface area contributed by atoms with Gasteiger partial charge in [-0.1, -0.05) is 68.2 Å². The number of aliphatic hydroxyl groups excluding tert-OH is 1. The van der Waals surface area contributed by atoms with E-state index in [0.29, 0.717) is 12.8 Å². The van der Waals surface area contributed by atoms with Gasteiger partial charge in [0.2, 0.25) is 47.3 Å². The Morgan fingerprint density at radius 1 is 0.525 bits per heavy atom. The van der Waals surface area contributed by atoms with E-state index in [1.54, 1.807) is 55.4 Å². The highest BCUT2D eigenvalue weighted by atomic mass is 16.4. The fourth-order valence-electron chi connectivity index (χ4n) is 5.24. The largest absolute Gasteiger partial charge is 0.481 e. The number of nitrogens with one attached hydrogen (secondary N) is 8. The van der Waals surface area contributed by atoms with Crippen molar-refractivity contribution in [1.29, 1.82) is 0 Å². The van der Waals surface area contributed by atoms with Crippen molar-refractivity contribution < 1.29 is 63.3 Å². The number of nitrogens with two attached hydrogens (primary N) is 1. The molecular formula is C39H71N9O13. The van der Waals surface area contributed by atoms with Crippen LogP contribution in [0.4, 0.5) is 0 Å². The molecule has 0 radical (unpaired) electrons. The van der Waals surface area contributed by atoms with Gasteiger partial charge in [-0.25, -0.2) is 4.79 Å². The van der Waals surface area contributed by atoms with Crippen LogP contribution in [0.15, 0.2) is 0 Å². The van der Waals surface area contributed by atoms with Gasteiger partial charge in [0.15, 0.2) is 0 Å².